The highest BCUT2D eigenvalue weighted by Crippen LogP contribution is 2.38. The molecule has 0 aliphatic rings. The van der Waals surface area contributed by atoms with E-state index in [1.165, 1.54) is 0 Å². The summed E-state index contributed by atoms with van der Waals surface area (Å²) in [7, 11) is 0. The summed E-state index contributed by atoms with van der Waals surface area (Å²) in [6.45, 7) is 0. The van der Waals surface area contributed by atoms with Crippen molar-refractivity contribution in [3.63, 3.8) is 0 Å². The SMILES string of the molecule is N#Cc1ccc(-c2cccc3oc4ccc(-c5ccc(-c6ccccn6)cc5)cc4c23)cc1. The van der Waals surface area contributed by atoms with Crippen molar-refractivity contribution in [1.82, 2.24) is 4.98 Å². The van der Waals surface area contributed by atoms with Gasteiger partial charge >= 0.3 is 0 Å². The van der Waals surface area contributed by atoms with Crippen molar-refractivity contribution in [2.75, 3.05) is 0 Å². The molecule has 3 nitrogen and oxygen atoms in total. The number of fused-ring (bicyclic) bond motifs is 3. The molecular weight excluding hydrogens is 404 g/mol. The third kappa shape index (κ3) is 3.35. The fourth-order valence-corrected chi connectivity index (χ4v) is 4.34. The number of benzene rings is 4. The van der Waals surface area contributed by atoms with E-state index in [0.29, 0.717) is 5.56 Å². The third-order valence-electron chi connectivity index (χ3n) is 6.00. The molecule has 0 saturated carbocycles. The molecule has 0 amide bonds. The molecule has 0 aliphatic heterocycles. The molecule has 0 fully saturated rings. The van der Waals surface area contributed by atoms with Gasteiger partial charge in [-0.25, -0.2) is 0 Å². The molecule has 0 aliphatic carbocycles. The van der Waals surface area contributed by atoms with Crippen molar-refractivity contribution in [3.05, 3.63) is 115 Å². The zero-order chi connectivity index (χ0) is 22.2. The third-order valence-corrected chi connectivity index (χ3v) is 6.00. The summed E-state index contributed by atoms with van der Waals surface area (Å²) < 4.78 is 6.17. The van der Waals surface area contributed by atoms with Gasteiger partial charge in [0.1, 0.15) is 11.2 Å². The van der Waals surface area contributed by atoms with Crippen LogP contribution < -0.4 is 0 Å². The molecule has 154 valence electrons. The first-order valence-electron chi connectivity index (χ1n) is 10.8. The van der Waals surface area contributed by atoms with Crippen molar-refractivity contribution in [2.24, 2.45) is 0 Å². The van der Waals surface area contributed by atoms with Gasteiger partial charge < -0.3 is 4.42 Å². The predicted molar refractivity (Wildman–Crippen MR) is 133 cm³/mol. The molecule has 2 aromatic heterocycles. The second kappa shape index (κ2) is 7.78. The van der Waals surface area contributed by atoms with Crippen LogP contribution in [0.15, 0.2) is 114 Å². The van der Waals surface area contributed by atoms with Gasteiger partial charge in [0.2, 0.25) is 0 Å². The number of hydrogen-bond donors (Lipinski definition) is 0. The summed E-state index contributed by atoms with van der Waals surface area (Å²) >= 11 is 0. The predicted octanol–water partition coefficient (Wildman–Crippen LogP) is 7.85. The number of rotatable bonds is 3. The first kappa shape index (κ1) is 19.0. The summed E-state index contributed by atoms with van der Waals surface area (Å²) in [5.74, 6) is 0. The quantitative estimate of drug-likeness (QED) is 0.292. The molecule has 0 radical (unpaired) electrons. The van der Waals surface area contributed by atoms with E-state index in [4.69, 9.17) is 9.68 Å². The van der Waals surface area contributed by atoms with Crippen molar-refractivity contribution < 1.29 is 4.42 Å². The van der Waals surface area contributed by atoms with Crippen LogP contribution in [0.3, 0.4) is 0 Å². The Balaban J connectivity index is 1.47. The second-order valence-electron chi connectivity index (χ2n) is 7.97. The van der Waals surface area contributed by atoms with Crippen LogP contribution in [0.4, 0.5) is 0 Å². The molecule has 6 rings (SSSR count). The maximum absolute atomic E-state index is 9.13. The van der Waals surface area contributed by atoms with Crippen LogP contribution in [0.1, 0.15) is 5.56 Å². The normalized spacial score (nSPS) is 11.0. The van der Waals surface area contributed by atoms with Crippen LogP contribution in [0, 0.1) is 11.3 Å². The maximum atomic E-state index is 9.13. The van der Waals surface area contributed by atoms with Gasteiger partial charge in [-0.05, 0) is 64.7 Å². The van der Waals surface area contributed by atoms with Crippen LogP contribution in [-0.2, 0) is 0 Å². The highest BCUT2D eigenvalue weighted by molar-refractivity contribution is 6.13. The zero-order valence-electron chi connectivity index (χ0n) is 17.7. The Morgan fingerprint density at radius 1 is 0.636 bits per heavy atom. The van der Waals surface area contributed by atoms with Gasteiger partial charge in [0.05, 0.1) is 17.3 Å². The largest absolute Gasteiger partial charge is 0.456 e. The minimum Gasteiger partial charge on any atom is -0.456 e. The van der Waals surface area contributed by atoms with Crippen LogP contribution in [0.5, 0.6) is 0 Å². The summed E-state index contributed by atoms with van der Waals surface area (Å²) in [6.07, 6.45) is 1.81. The summed E-state index contributed by atoms with van der Waals surface area (Å²) in [5, 5.41) is 11.3. The van der Waals surface area contributed by atoms with Gasteiger partial charge in [-0.15, -0.1) is 0 Å². The Kier molecular flexibility index (Phi) is 4.49. The first-order chi connectivity index (χ1) is 16.3. The molecule has 0 N–H and O–H groups in total. The van der Waals surface area contributed by atoms with Crippen LogP contribution >= 0.6 is 0 Å². The van der Waals surface area contributed by atoms with Gasteiger partial charge in [0.25, 0.3) is 0 Å². The number of hydrogen-bond acceptors (Lipinski definition) is 3. The Morgan fingerprint density at radius 2 is 1.39 bits per heavy atom. The van der Waals surface area contributed by atoms with E-state index in [0.717, 1.165) is 55.4 Å². The fraction of sp³-hybridized carbons (Fsp3) is 0. The van der Waals surface area contributed by atoms with Gasteiger partial charge in [-0.2, -0.15) is 5.26 Å². The first-order valence-corrected chi connectivity index (χ1v) is 10.8. The molecule has 0 bridgehead atoms. The minimum atomic E-state index is 0.652. The van der Waals surface area contributed by atoms with E-state index >= 15 is 0 Å². The molecule has 3 heteroatoms. The summed E-state index contributed by atoms with van der Waals surface area (Å²) in [5.41, 5.74) is 8.86. The van der Waals surface area contributed by atoms with Crippen molar-refractivity contribution in [3.8, 4) is 39.6 Å². The van der Waals surface area contributed by atoms with E-state index in [9.17, 15) is 0 Å². The van der Waals surface area contributed by atoms with Gasteiger partial charge in [-0.1, -0.05) is 60.7 Å². The van der Waals surface area contributed by atoms with E-state index in [-0.39, 0.29) is 0 Å². The molecule has 0 spiro atoms. The highest BCUT2D eigenvalue weighted by Gasteiger charge is 2.13. The molecule has 0 saturated heterocycles. The van der Waals surface area contributed by atoms with E-state index in [2.05, 4.69) is 53.5 Å². The minimum absolute atomic E-state index is 0.652. The molecule has 33 heavy (non-hydrogen) atoms. The van der Waals surface area contributed by atoms with E-state index in [1.807, 2.05) is 66.9 Å². The average Bonchev–Trinajstić information content (AvgIpc) is 3.27. The molecule has 4 aromatic carbocycles. The lowest BCUT2D eigenvalue weighted by Gasteiger charge is -2.06. The van der Waals surface area contributed by atoms with Gasteiger partial charge in [0, 0.05) is 22.5 Å². The van der Waals surface area contributed by atoms with Crippen LogP contribution in [-0.4, -0.2) is 4.98 Å². The highest BCUT2D eigenvalue weighted by atomic mass is 16.3. The molecule has 2 heterocycles. The van der Waals surface area contributed by atoms with Crippen LogP contribution in [0.2, 0.25) is 0 Å². The van der Waals surface area contributed by atoms with Crippen molar-refractivity contribution >= 4 is 21.9 Å². The average molecular weight is 422 g/mol. The topological polar surface area (TPSA) is 49.8 Å². The van der Waals surface area contributed by atoms with Gasteiger partial charge in [-0.3, -0.25) is 4.98 Å². The monoisotopic (exact) mass is 422 g/mol. The smallest absolute Gasteiger partial charge is 0.136 e. The zero-order valence-corrected chi connectivity index (χ0v) is 17.7. The Bertz CT molecular complexity index is 1640. The summed E-state index contributed by atoms with van der Waals surface area (Å²) in [4.78, 5) is 4.44. The second-order valence-corrected chi connectivity index (χ2v) is 7.97. The molecular formula is C30H18N2O. The number of aromatic nitrogens is 1. The number of nitrogens with zero attached hydrogens (tertiary/aromatic N) is 2. The number of nitriles is 1. The fourth-order valence-electron chi connectivity index (χ4n) is 4.34. The van der Waals surface area contributed by atoms with Crippen molar-refractivity contribution in [2.45, 2.75) is 0 Å². The lowest BCUT2D eigenvalue weighted by atomic mass is 9.96. The maximum Gasteiger partial charge on any atom is 0.136 e. The summed E-state index contributed by atoms with van der Waals surface area (Å²) in [6, 6.07) is 36.8. The van der Waals surface area contributed by atoms with Crippen LogP contribution in [0.25, 0.3) is 55.4 Å². The Hall–Kier alpha value is -4.68. The Morgan fingerprint density at radius 3 is 2.15 bits per heavy atom. The molecule has 6 aromatic rings. The standard InChI is InChI=1S/C30H18N2O/c31-19-20-7-9-22(10-8-20)25-4-3-6-29-30(25)26-18-24(15-16-28(26)33-29)21-11-13-23(14-12-21)27-5-1-2-17-32-27/h1-18H. The van der Waals surface area contributed by atoms with Crippen molar-refractivity contribution in [1.29, 1.82) is 5.26 Å². The number of pyridine rings is 1. The molecule has 0 atom stereocenters. The lowest BCUT2D eigenvalue weighted by molar-refractivity contribution is 0.669. The Labute approximate surface area is 191 Å². The lowest BCUT2D eigenvalue weighted by Crippen LogP contribution is -1.83. The van der Waals surface area contributed by atoms with Gasteiger partial charge in [0.15, 0.2) is 0 Å². The molecule has 0 unspecified atom stereocenters. The van der Waals surface area contributed by atoms with E-state index in [1.54, 1.807) is 0 Å². The van der Waals surface area contributed by atoms with E-state index < -0.39 is 0 Å². The number of furan rings is 1.